The molecular weight excluding hydrogens is 477 g/mol. The molecule has 9 nitrogen and oxygen atoms in total. The van der Waals surface area contributed by atoms with Crippen molar-refractivity contribution in [3.8, 4) is 0 Å². The first-order valence-corrected chi connectivity index (χ1v) is 10.7. The minimum Gasteiger partial charge on any atom is -0.452 e. The van der Waals surface area contributed by atoms with Crippen LogP contribution in [0.15, 0.2) is 72.2 Å². The Bertz CT molecular complexity index is 1420. The molecule has 4 aromatic rings. The van der Waals surface area contributed by atoms with Crippen LogP contribution in [0.3, 0.4) is 0 Å². The lowest BCUT2D eigenvalue weighted by atomic mass is 10.2. The van der Waals surface area contributed by atoms with Gasteiger partial charge in [0.15, 0.2) is 6.61 Å². The second-order valence-corrected chi connectivity index (χ2v) is 7.43. The number of hydrogen-bond donors (Lipinski definition) is 0. The van der Waals surface area contributed by atoms with Crippen molar-refractivity contribution in [3.05, 3.63) is 89.5 Å². The third-order valence-corrected chi connectivity index (χ3v) is 5.06. The molecule has 2 heterocycles. The number of esters is 1. The lowest BCUT2D eigenvalue weighted by molar-refractivity contribution is -0.137. The quantitative estimate of drug-likeness (QED) is 0.218. The normalized spacial score (nSPS) is 11.7. The Balaban J connectivity index is 1.59. The van der Waals surface area contributed by atoms with Crippen molar-refractivity contribution in [2.24, 2.45) is 5.10 Å². The maximum Gasteiger partial charge on any atom is 0.416 e. The van der Waals surface area contributed by atoms with Gasteiger partial charge in [-0.25, -0.2) is 14.3 Å². The summed E-state index contributed by atoms with van der Waals surface area (Å²) in [5.41, 5.74) is 0.0788. The number of hydrogen-bond acceptors (Lipinski definition) is 7. The van der Waals surface area contributed by atoms with Gasteiger partial charge in [0.05, 0.1) is 28.7 Å². The topological polar surface area (TPSA) is 102 Å². The molecule has 0 N–H and O–H groups in total. The number of hydrazone groups is 1. The number of halogens is 3. The smallest absolute Gasteiger partial charge is 0.416 e. The van der Waals surface area contributed by atoms with E-state index in [0.717, 1.165) is 23.2 Å². The Kier molecular flexibility index (Phi) is 7.04. The van der Waals surface area contributed by atoms with Gasteiger partial charge in [0.1, 0.15) is 6.33 Å². The molecule has 2 aromatic carbocycles. The molecule has 1 amide bonds. The fraction of sp³-hybridized carbons (Fsp3) is 0.167. The van der Waals surface area contributed by atoms with E-state index in [1.807, 2.05) is 0 Å². The highest BCUT2D eigenvalue weighted by molar-refractivity contribution is 5.98. The van der Waals surface area contributed by atoms with Gasteiger partial charge in [-0.15, -0.1) is 0 Å². The molecule has 0 radical (unpaired) electrons. The molecule has 4 rings (SSSR count). The number of anilines is 1. The molecule has 0 atom stereocenters. The lowest BCUT2D eigenvalue weighted by Gasteiger charge is -2.19. The molecule has 0 fully saturated rings. The summed E-state index contributed by atoms with van der Waals surface area (Å²) in [5.74, 6) is -1.41. The van der Waals surface area contributed by atoms with E-state index in [9.17, 15) is 22.8 Å². The number of rotatable bonds is 7. The number of nitrogens with zero attached hydrogens (tertiary/aromatic N) is 6. The molecule has 36 heavy (non-hydrogen) atoms. The number of carbonyl (C=O) groups excluding carboxylic acids is 2. The Morgan fingerprint density at radius 3 is 2.61 bits per heavy atom. The van der Waals surface area contributed by atoms with Crippen molar-refractivity contribution in [1.82, 2.24) is 19.6 Å². The number of amides is 1. The standard InChI is InChI=1S/C24H19F3N6O3/c1-2-20-19(13-28-23-29-15-31-33(20)23)22(35)36-14-21(34)32(30-12-16-7-4-3-5-8-16)18-10-6-9-17(11-18)24(25,26)27/h3-13,15H,2,14H2,1H3/b30-12+. The summed E-state index contributed by atoms with van der Waals surface area (Å²) in [6.45, 7) is 1.02. The summed E-state index contributed by atoms with van der Waals surface area (Å²) < 4.78 is 46.3. The van der Waals surface area contributed by atoms with Crippen LogP contribution in [0.5, 0.6) is 0 Å². The van der Waals surface area contributed by atoms with Gasteiger partial charge in [-0.2, -0.15) is 33.4 Å². The molecule has 12 heteroatoms. The number of aromatic nitrogens is 4. The average molecular weight is 496 g/mol. The number of ether oxygens (including phenoxy) is 1. The van der Waals surface area contributed by atoms with Crippen LogP contribution in [0.4, 0.5) is 18.9 Å². The van der Waals surface area contributed by atoms with Gasteiger partial charge in [-0.1, -0.05) is 43.3 Å². The molecule has 0 bridgehead atoms. The van der Waals surface area contributed by atoms with E-state index in [-0.39, 0.29) is 11.3 Å². The third kappa shape index (κ3) is 5.37. The molecule has 0 unspecified atom stereocenters. The maximum atomic E-state index is 13.3. The van der Waals surface area contributed by atoms with Crippen molar-refractivity contribution >= 4 is 29.6 Å². The summed E-state index contributed by atoms with van der Waals surface area (Å²) in [6, 6.07) is 12.8. The minimum absolute atomic E-state index is 0.0849. The first-order valence-electron chi connectivity index (χ1n) is 10.7. The van der Waals surface area contributed by atoms with E-state index >= 15 is 0 Å². The fourth-order valence-electron chi connectivity index (χ4n) is 3.35. The van der Waals surface area contributed by atoms with E-state index in [2.05, 4.69) is 20.2 Å². The zero-order valence-electron chi connectivity index (χ0n) is 18.9. The summed E-state index contributed by atoms with van der Waals surface area (Å²) in [6.07, 6.45) is -0.342. The summed E-state index contributed by atoms with van der Waals surface area (Å²) >= 11 is 0. The van der Waals surface area contributed by atoms with Crippen LogP contribution in [-0.4, -0.2) is 44.3 Å². The second kappa shape index (κ2) is 10.3. The molecule has 0 saturated heterocycles. The number of benzene rings is 2. The summed E-state index contributed by atoms with van der Waals surface area (Å²) in [4.78, 5) is 33.7. The molecule has 0 aliphatic carbocycles. The Labute approximate surface area is 202 Å². The van der Waals surface area contributed by atoms with Gasteiger partial charge in [0.2, 0.25) is 0 Å². The molecule has 2 aromatic heterocycles. The highest BCUT2D eigenvalue weighted by Crippen LogP contribution is 2.31. The Morgan fingerprint density at radius 1 is 1.11 bits per heavy atom. The zero-order valence-corrected chi connectivity index (χ0v) is 18.9. The van der Waals surface area contributed by atoms with Gasteiger partial charge >= 0.3 is 12.1 Å². The van der Waals surface area contributed by atoms with Crippen LogP contribution in [0.25, 0.3) is 5.78 Å². The van der Waals surface area contributed by atoms with Gasteiger partial charge in [0, 0.05) is 6.20 Å². The van der Waals surface area contributed by atoms with E-state index in [1.54, 1.807) is 37.3 Å². The third-order valence-electron chi connectivity index (χ3n) is 5.06. The Hall–Kier alpha value is -4.61. The van der Waals surface area contributed by atoms with E-state index in [4.69, 9.17) is 4.74 Å². The van der Waals surface area contributed by atoms with Crippen LogP contribution < -0.4 is 5.01 Å². The van der Waals surface area contributed by atoms with Crippen molar-refractivity contribution in [1.29, 1.82) is 0 Å². The van der Waals surface area contributed by atoms with Crippen LogP contribution in [0.2, 0.25) is 0 Å². The lowest BCUT2D eigenvalue weighted by Crippen LogP contribution is -2.31. The highest BCUT2D eigenvalue weighted by Gasteiger charge is 2.31. The first kappa shape index (κ1) is 24.5. The number of fused-ring (bicyclic) bond motifs is 1. The van der Waals surface area contributed by atoms with Crippen LogP contribution in [0.1, 0.15) is 34.1 Å². The average Bonchev–Trinajstić information content (AvgIpc) is 3.36. The zero-order chi connectivity index (χ0) is 25.7. The van der Waals surface area contributed by atoms with Crippen molar-refractivity contribution in [3.63, 3.8) is 0 Å². The molecule has 0 saturated carbocycles. The molecule has 0 aliphatic rings. The van der Waals surface area contributed by atoms with Crippen LogP contribution in [-0.2, 0) is 22.1 Å². The van der Waals surface area contributed by atoms with Gasteiger partial charge < -0.3 is 4.74 Å². The summed E-state index contributed by atoms with van der Waals surface area (Å²) in [5, 5.41) is 8.86. The van der Waals surface area contributed by atoms with Gasteiger partial charge in [-0.3, -0.25) is 4.79 Å². The van der Waals surface area contributed by atoms with Gasteiger partial charge in [0.25, 0.3) is 11.7 Å². The predicted octanol–water partition coefficient (Wildman–Crippen LogP) is 3.93. The number of aryl methyl sites for hydroxylation is 1. The minimum atomic E-state index is -4.62. The molecular formula is C24H19F3N6O3. The fourth-order valence-corrected chi connectivity index (χ4v) is 3.35. The Morgan fingerprint density at radius 2 is 1.89 bits per heavy atom. The first-order chi connectivity index (χ1) is 17.3. The van der Waals surface area contributed by atoms with E-state index in [1.165, 1.54) is 29.3 Å². The van der Waals surface area contributed by atoms with Crippen LogP contribution in [0, 0.1) is 0 Å². The van der Waals surface area contributed by atoms with Gasteiger partial charge in [-0.05, 0) is 30.2 Å². The maximum absolute atomic E-state index is 13.3. The summed E-state index contributed by atoms with van der Waals surface area (Å²) in [7, 11) is 0. The monoisotopic (exact) mass is 496 g/mol. The number of carbonyl (C=O) groups is 2. The molecule has 0 spiro atoms. The van der Waals surface area contributed by atoms with Crippen molar-refractivity contribution < 1.29 is 27.5 Å². The highest BCUT2D eigenvalue weighted by atomic mass is 19.4. The van der Waals surface area contributed by atoms with E-state index in [0.29, 0.717) is 23.5 Å². The largest absolute Gasteiger partial charge is 0.452 e. The molecule has 0 aliphatic heterocycles. The van der Waals surface area contributed by atoms with E-state index < -0.39 is 30.2 Å². The predicted molar refractivity (Wildman–Crippen MR) is 123 cm³/mol. The number of alkyl halides is 3. The molecule has 184 valence electrons. The van der Waals surface area contributed by atoms with Crippen LogP contribution >= 0.6 is 0 Å². The van der Waals surface area contributed by atoms with Crippen molar-refractivity contribution in [2.75, 3.05) is 11.6 Å². The SMILES string of the molecule is CCc1c(C(=O)OCC(=O)N(/N=C/c2ccccc2)c2cccc(C(F)(F)F)c2)cnc2ncnn12. The van der Waals surface area contributed by atoms with Crippen molar-refractivity contribution in [2.45, 2.75) is 19.5 Å². The second-order valence-electron chi connectivity index (χ2n) is 7.43.